The Kier molecular flexibility index (Phi) is 3.81. The van der Waals surface area contributed by atoms with Gasteiger partial charge in [0.1, 0.15) is 12.4 Å². The minimum atomic E-state index is -0.156. The van der Waals surface area contributed by atoms with Crippen LogP contribution in [0.5, 0.6) is 0 Å². The SMILES string of the molecule is COCc1nc(-c2c(C)cc(C)cc2C)cc(=O)[nH]1. The van der Waals surface area contributed by atoms with E-state index in [9.17, 15) is 4.79 Å². The summed E-state index contributed by atoms with van der Waals surface area (Å²) in [4.78, 5) is 18.8. The fourth-order valence-electron chi connectivity index (χ4n) is 2.43. The second-order valence-electron chi connectivity index (χ2n) is 4.78. The molecule has 4 nitrogen and oxygen atoms in total. The van der Waals surface area contributed by atoms with Gasteiger partial charge in [-0.3, -0.25) is 4.79 Å². The van der Waals surface area contributed by atoms with Gasteiger partial charge in [-0.2, -0.15) is 0 Å². The van der Waals surface area contributed by atoms with Crippen molar-refractivity contribution in [1.82, 2.24) is 9.97 Å². The molecule has 0 spiro atoms. The highest BCUT2D eigenvalue weighted by molar-refractivity contribution is 5.67. The molecule has 2 aromatic rings. The topological polar surface area (TPSA) is 55.0 Å². The quantitative estimate of drug-likeness (QED) is 0.920. The summed E-state index contributed by atoms with van der Waals surface area (Å²) in [6.45, 7) is 6.43. The molecule has 2 rings (SSSR count). The van der Waals surface area contributed by atoms with Gasteiger partial charge in [-0.25, -0.2) is 4.98 Å². The number of rotatable bonds is 3. The van der Waals surface area contributed by atoms with Gasteiger partial charge in [0.2, 0.25) is 0 Å². The summed E-state index contributed by atoms with van der Waals surface area (Å²) in [7, 11) is 1.58. The van der Waals surface area contributed by atoms with Crippen molar-refractivity contribution < 1.29 is 4.74 Å². The fraction of sp³-hybridized carbons (Fsp3) is 0.333. The van der Waals surface area contributed by atoms with Gasteiger partial charge >= 0.3 is 0 Å². The largest absolute Gasteiger partial charge is 0.377 e. The minimum absolute atomic E-state index is 0.156. The maximum Gasteiger partial charge on any atom is 0.251 e. The Bertz CT molecular complexity index is 636. The van der Waals surface area contributed by atoms with Crippen LogP contribution in [0.25, 0.3) is 11.3 Å². The summed E-state index contributed by atoms with van der Waals surface area (Å²) in [5.41, 5.74) is 5.02. The Morgan fingerprint density at radius 3 is 2.37 bits per heavy atom. The van der Waals surface area contributed by atoms with Gasteiger partial charge in [0, 0.05) is 18.7 Å². The van der Waals surface area contributed by atoms with E-state index in [4.69, 9.17) is 4.74 Å². The van der Waals surface area contributed by atoms with Crippen LogP contribution in [-0.4, -0.2) is 17.1 Å². The van der Waals surface area contributed by atoms with E-state index in [0.717, 1.165) is 16.7 Å². The summed E-state index contributed by atoms with van der Waals surface area (Å²) in [5.74, 6) is 0.546. The molecule has 0 atom stereocenters. The number of H-pyrrole nitrogens is 1. The molecule has 19 heavy (non-hydrogen) atoms. The normalized spacial score (nSPS) is 10.7. The molecule has 0 saturated heterocycles. The molecule has 0 amide bonds. The van der Waals surface area contributed by atoms with Crippen LogP contribution in [0.15, 0.2) is 23.0 Å². The molecule has 0 radical (unpaired) electrons. The van der Waals surface area contributed by atoms with Crippen LogP contribution >= 0.6 is 0 Å². The number of aryl methyl sites for hydroxylation is 3. The summed E-state index contributed by atoms with van der Waals surface area (Å²) in [6, 6.07) is 5.73. The first kappa shape index (κ1) is 13.5. The van der Waals surface area contributed by atoms with Crippen molar-refractivity contribution in [2.24, 2.45) is 0 Å². The number of hydrogen-bond acceptors (Lipinski definition) is 3. The number of aromatic nitrogens is 2. The van der Waals surface area contributed by atoms with E-state index < -0.39 is 0 Å². The van der Waals surface area contributed by atoms with Crippen LogP contribution in [0.2, 0.25) is 0 Å². The van der Waals surface area contributed by atoms with E-state index in [1.54, 1.807) is 7.11 Å². The third-order valence-electron chi connectivity index (χ3n) is 3.00. The molecule has 0 aliphatic rings. The molecule has 0 bridgehead atoms. The second-order valence-corrected chi connectivity index (χ2v) is 4.78. The van der Waals surface area contributed by atoms with Crippen LogP contribution < -0.4 is 5.56 Å². The van der Waals surface area contributed by atoms with Gasteiger partial charge in [0.25, 0.3) is 5.56 Å². The Balaban J connectivity index is 2.62. The number of benzene rings is 1. The molecular weight excluding hydrogens is 240 g/mol. The summed E-state index contributed by atoms with van der Waals surface area (Å²) in [6.07, 6.45) is 0. The molecule has 0 saturated carbocycles. The van der Waals surface area contributed by atoms with Crippen molar-refractivity contribution >= 4 is 0 Å². The smallest absolute Gasteiger partial charge is 0.251 e. The fourth-order valence-corrected chi connectivity index (χ4v) is 2.43. The van der Waals surface area contributed by atoms with E-state index in [2.05, 4.69) is 29.0 Å². The molecule has 0 aliphatic heterocycles. The predicted molar refractivity (Wildman–Crippen MR) is 75.2 cm³/mol. The zero-order chi connectivity index (χ0) is 14.0. The molecule has 4 heteroatoms. The van der Waals surface area contributed by atoms with Crippen LogP contribution in [0, 0.1) is 20.8 Å². The number of methoxy groups -OCH3 is 1. The Hall–Kier alpha value is -1.94. The molecule has 1 N–H and O–H groups in total. The van der Waals surface area contributed by atoms with E-state index in [-0.39, 0.29) is 5.56 Å². The van der Waals surface area contributed by atoms with Gasteiger partial charge in [-0.15, -0.1) is 0 Å². The predicted octanol–water partition coefficient (Wildman–Crippen LogP) is 2.51. The second kappa shape index (κ2) is 5.36. The monoisotopic (exact) mass is 258 g/mol. The summed E-state index contributed by atoms with van der Waals surface area (Å²) >= 11 is 0. The Labute approximate surface area is 112 Å². The third kappa shape index (κ3) is 2.90. The first-order valence-electron chi connectivity index (χ1n) is 6.18. The Morgan fingerprint density at radius 1 is 1.16 bits per heavy atom. The van der Waals surface area contributed by atoms with Crippen molar-refractivity contribution in [3.8, 4) is 11.3 Å². The zero-order valence-corrected chi connectivity index (χ0v) is 11.7. The zero-order valence-electron chi connectivity index (χ0n) is 11.7. The lowest BCUT2D eigenvalue weighted by atomic mass is 9.97. The number of hydrogen-bond donors (Lipinski definition) is 1. The van der Waals surface area contributed by atoms with Gasteiger partial charge in [0.05, 0.1) is 5.69 Å². The van der Waals surface area contributed by atoms with Gasteiger partial charge in [0.15, 0.2) is 0 Å². The van der Waals surface area contributed by atoms with Crippen molar-refractivity contribution in [1.29, 1.82) is 0 Å². The van der Waals surface area contributed by atoms with E-state index >= 15 is 0 Å². The first-order valence-corrected chi connectivity index (χ1v) is 6.18. The van der Waals surface area contributed by atoms with Crippen LogP contribution in [0.4, 0.5) is 0 Å². The average Bonchev–Trinajstić information content (AvgIpc) is 2.26. The van der Waals surface area contributed by atoms with Crippen LogP contribution in [0.1, 0.15) is 22.5 Å². The van der Waals surface area contributed by atoms with Crippen molar-refractivity contribution in [2.75, 3.05) is 7.11 Å². The maximum absolute atomic E-state index is 11.7. The molecule has 0 unspecified atom stereocenters. The Morgan fingerprint density at radius 2 is 1.79 bits per heavy atom. The van der Waals surface area contributed by atoms with Crippen molar-refractivity contribution in [2.45, 2.75) is 27.4 Å². The standard InChI is InChI=1S/C15H18N2O2/c1-9-5-10(2)15(11(3)6-9)12-7-14(18)17-13(16-12)8-19-4/h5-7H,8H2,1-4H3,(H,16,17,18). The van der Waals surface area contributed by atoms with Crippen molar-refractivity contribution in [3.63, 3.8) is 0 Å². The van der Waals surface area contributed by atoms with E-state index in [1.807, 2.05) is 13.8 Å². The minimum Gasteiger partial charge on any atom is -0.377 e. The van der Waals surface area contributed by atoms with Gasteiger partial charge < -0.3 is 9.72 Å². The highest BCUT2D eigenvalue weighted by Crippen LogP contribution is 2.26. The third-order valence-corrected chi connectivity index (χ3v) is 3.00. The average molecular weight is 258 g/mol. The van der Waals surface area contributed by atoms with Gasteiger partial charge in [-0.1, -0.05) is 17.7 Å². The molecule has 1 aromatic heterocycles. The highest BCUT2D eigenvalue weighted by Gasteiger charge is 2.10. The lowest BCUT2D eigenvalue weighted by Crippen LogP contribution is -2.12. The van der Waals surface area contributed by atoms with E-state index in [1.165, 1.54) is 11.6 Å². The van der Waals surface area contributed by atoms with Crippen LogP contribution in [-0.2, 0) is 11.3 Å². The number of nitrogens with one attached hydrogen (secondary N) is 1. The molecule has 0 aliphatic carbocycles. The summed E-state index contributed by atoms with van der Waals surface area (Å²) in [5, 5.41) is 0. The number of ether oxygens (including phenoxy) is 1. The molecule has 1 aromatic carbocycles. The van der Waals surface area contributed by atoms with Crippen molar-refractivity contribution in [3.05, 3.63) is 51.1 Å². The lowest BCUT2D eigenvalue weighted by Gasteiger charge is -2.11. The summed E-state index contributed by atoms with van der Waals surface area (Å²) < 4.78 is 5.02. The molecule has 100 valence electrons. The number of aromatic amines is 1. The van der Waals surface area contributed by atoms with Crippen LogP contribution in [0.3, 0.4) is 0 Å². The van der Waals surface area contributed by atoms with Gasteiger partial charge in [-0.05, 0) is 31.9 Å². The van der Waals surface area contributed by atoms with E-state index in [0.29, 0.717) is 18.1 Å². The molecular formula is C15H18N2O2. The molecule has 0 fully saturated rings. The highest BCUT2D eigenvalue weighted by atomic mass is 16.5. The number of nitrogens with zero attached hydrogens (tertiary/aromatic N) is 1. The lowest BCUT2D eigenvalue weighted by molar-refractivity contribution is 0.177. The molecule has 1 heterocycles. The first-order chi connectivity index (χ1) is 9.01. The maximum atomic E-state index is 11.7.